The summed E-state index contributed by atoms with van der Waals surface area (Å²) in [6, 6.07) is 20.7. The fraction of sp³-hybridized carbons (Fsp3) is 0.214. The van der Waals surface area contributed by atoms with E-state index in [0.29, 0.717) is 46.1 Å². The first kappa shape index (κ1) is 25.4. The third-order valence-electron chi connectivity index (χ3n) is 5.17. The van der Waals surface area contributed by atoms with Gasteiger partial charge in [-0.3, -0.25) is 4.79 Å². The summed E-state index contributed by atoms with van der Waals surface area (Å²) >= 11 is 0. The Morgan fingerprint density at radius 2 is 1.63 bits per heavy atom. The van der Waals surface area contributed by atoms with Gasteiger partial charge in [0.1, 0.15) is 22.8 Å². The summed E-state index contributed by atoms with van der Waals surface area (Å²) in [4.78, 5) is 23.6. The summed E-state index contributed by atoms with van der Waals surface area (Å²) in [5.41, 5.74) is 7.90. The van der Waals surface area contributed by atoms with Crippen LogP contribution in [0.15, 0.2) is 82.0 Å². The number of benzene rings is 3. The van der Waals surface area contributed by atoms with Crippen molar-refractivity contribution in [1.29, 1.82) is 0 Å². The molecule has 1 heterocycles. The van der Waals surface area contributed by atoms with Crippen LogP contribution in [0.25, 0.3) is 22.3 Å². The molecule has 0 saturated carbocycles. The highest BCUT2D eigenvalue weighted by atomic mass is 16.5. The molecule has 0 fully saturated rings. The molecule has 7 nitrogen and oxygen atoms in total. The third-order valence-corrected chi connectivity index (χ3v) is 5.17. The lowest BCUT2D eigenvalue weighted by Gasteiger charge is -2.06. The number of fused-ring (bicyclic) bond motifs is 1. The van der Waals surface area contributed by atoms with E-state index in [9.17, 15) is 9.59 Å². The first-order valence-electron chi connectivity index (χ1n) is 11.2. The number of anilines is 1. The van der Waals surface area contributed by atoms with Crippen LogP contribution in [0, 0.1) is 0 Å². The fourth-order valence-electron chi connectivity index (χ4n) is 3.19. The van der Waals surface area contributed by atoms with Crippen molar-refractivity contribution in [3.8, 4) is 22.8 Å². The molecule has 7 heteroatoms. The number of ether oxygens (including phenoxy) is 3. The largest absolute Gasteiger partial charge is 0.497 e. The molecule has 182 valence electrons. The zero-order valence-electron chi connectivity index (χ0n) is 20.1. The Morgan fingerprint density at radius 3 is 2.31 bits per heavy atom. The van der Waals surface area contributed by atoms with Crippen molar-refractivity contribution in [2.75, 3.05) is 26.6 Å². The molecule has 0 bridgehead atoms. The number of nitrogens with two attached hydrogens (primary N) is 1. The molecule has 4 aromatic rings. The maximum absolute atomic E-state index is 12.2. The van der Waals surface area contributed by atoms with E-state index in [1.807, 2.05) is 24.3 Å². The fourth-order valence-corrected chi connectivity index (χ4v) is 3.19. The number of unbranched alkanes of at least 4 members (excludes halogenated alkanes) is 1. The molecular formula is C28H29NO6. The predicted octanol–water partition coefficient (Wildman–Crippen LogP) is 5.70. The summed E-state index contributed by atoms with van der Waals surface area (Å²) in [7, 11) is 3.17. The lowest BCUT2D eigenvalue weighted by molar-refractivity contribution is 0.0500. The van der Waals surface area contributed by atoms with Crippen molar-refractivity contribution in [1.82, 2.24) is 0 Å². The second-order valence-corrected chi connectivity index (χ2v) is 7.68. The molecule has 2 N–H and O–H groups in total. The first-order chi connectivity index (χ1) is 16.9. The van der Waals surface area contributed by atoms with Crippen LogP contribution >= 0.6 is 0 Å². The summed E-state index contributed by atoms with van der Waals surface area (Å²) < 4.78 is 21.2. The van der Waals surface area contributed by atoms with Crippen molar-refractivity contribution >= 4 is 22.6 Å². The topological polar surface area (TPSA) is 101 Å². The van der Waals surface area contributed by atoms with Gasteiger partial charge in [0.2, 0.25) is 0 Å². The van der Waals surface area contributed by atoms with E-state index >= 15 is 0 Å². The van der Waals surface area contributed by atoms with Gasteiger partial charge in [0.15, 0.2) is 5.43 Å². The van der Waals surface area contributed by atoms with Crippen molar-refractivity contribution in [3.05, 3.63) is 88.6 Å². The zero-order valence-corrected chi connectivity index (χ0v) is 20.1. The molecule has 0 aliphatic heterocycles. The Balaban J connectivity index is 0.000000214. The molecule has 0 unspecified atom stereocenters. The van der Waals surface area contributed by atoms with Gasteiger partial charge in [-0.15, -0.1) is 0 Å². The van der Waals surface area contributed by atoms with E-state index in [0.717, 1.165) is 18.4 Å². The van der Waals surface area contributed by atoms with E-state index in [1.54, 1.807) is 56.7 Å². The van der Waals surface area contributed by atoms with Crippen LogP contribution in [0.4, 0.5) is 5.69 Å². The summed E-state index contributed by atoms with van der Waals surface area (Å²) in [6.07, 6.45) is 1.93. The maximum atomic E-state index is 12.2. The van der Waals surface area contributed by atoms with Crippen LogP contribution in [-0.2, 0) is 4.74 Å². The van der Waals surface area contributed by atoms with Crippen LogP contribution in [0.3, 0.4) is 0 Å². The van der Waals surface area contributed by atoms with Gasteiger partial charge in [-0.2, -0.15) is 0 Å². The average Bonchev–Trinajstić information content (AvgIpc) is 2.89. The molecule has 0 atom stereocenters. The number of methoxy groups -OCH3 is 2. The zero-order chi connectivity index (χ0) is 25.2. The molecule has 4 rings (SSSR count). The molecule has 0 aliphatic rings. The van der Waals surface area contributed by atoms with Crippen LogP contribution < -0.4 is 20.6 Å². The second-order valence-electron chi connectivity index (χ2n) is 7.68. The molecule has 0 spiro atoms. The Morgan fingerprint density at radius 1 is 0.914 bits per heavy atom. The minimum Gasteiger partial charge on any atom is -0.497 e. The molecule has 0 amide bonds. The molecular weight excluding hydrogens is 446 g/mol. The van der Waals surface area contributed by atoms with Gasteiger partial charge in [-0.25, -0.2) is 4.79 Å². The highest BCUT2D eigenvalue weighted by Gasteiger charge is 2.09. The average molecular weight is 476 g/mol. The molecule has 1 aromatic heterocycles. The molecule has 3 aromatic carbocycles. The normalized spacial score (nSPS) is 10.3. The molecule has 0 radical (unpaired) electrons. The summed E-state index contributed by atoms with van der Waals surface area (Å²) in [5, 5.41) is 0.530. The smallest absolute Gasteiger partial charge is 0.338 e. The standard InChI is InChI=1S/C17H14O4.C11H15NO2/c1-19-12-5-3-4-11(8-12)16-10-15(18)14-7-6-13(20-2)9-17(14)21-16;1-2-3-8-14-11(13)9-4-6-10(12)7-5-9/h3-10H,1-2H3;4-7H,2-3,8,12H2,1H3. The Hall–Kier alpha value is -4.26. The van der Waals surface area contributed by atoms with E-state index in [-0.39, 0.29) is 11.4 Å². The van der Waals surface area contributed by atoms with Crippen LogP contribution in [0.1, 0.15) is 30.1 Å². The van der Waals surface area contributed by atoms with E-state index < -0.39 is 0 Å². The number of carbonyl (C=O) groups excluding carboxylic acids is 1. The molecule has 35 heavy (non-hydrogen) atoms. The number of carbonyl (C=O) groups is 1. The lowest BCUT2D eigenvalue weighted by Crippen LogP contribution is -2.06. The number of esters is 1. The number of hydrogen-bond acceptors (Lipinski definition) is 7. The van der Waals surface area contributed by atoms with Gasteiger partial charge in [0, 0.05) is 23.4 Å². The van der Waals surface area contributed by atoms with Gasteiger partial charge in [0.25, 0.3) is 0 Å². The van der Waals surface area contributed by atoms with Crippen LogP contribution in [0.5, 0.6) is 11.5 Å². The predicted molar refractivity (Wildman–Crippen MR) is 137 cm³/mol. The minimum absolute atomic E-state index is 0.0864. The number of hydrogen-bond donors (Lipinski definition) is 1. The third kappa shape index (κ3) is 6.86. The minimum atomic E-state index is -0.279. The van der Waals surface area contributed by atoms with Crippen molar-refractivity contribution in [2.24, 2.45) is 0 Å². The first-order valence-corrected chi connectivity index (χ1v) is 11.2. The summed E-state index contributed by atoms with van der Waals surface area (Å²) in [5.74, 6) is 1.58. The summed E-state index contributed by atoms with van der Waals surface area (Å²) in [6.45, 7) is 2.54. The Kier molecular flexibility index (Phi) is 8.89. The SMILES string of the molecule is CCCCOC(=O)c1ccc(N)cc1.COc1cccc(-c2cc(=O)c3ccc(OC)cc3o2)c1. The quantitative estimate of drug-likeness (QED) is 0.208. The Bertz CT molecular complexity index is 1330. The highest BCUT2D eigenvalue weighted by Crippen LogP contribution is 2.27. The van der Waals surface area contributed by atoms with Crippen LogP contribution in [0.2, 0.25) is 0 Å². The van der Waals surface area contributed by atoms with Crippen LogP contribution in [-0.4, -0.2) is 26.8 Å². The van der Waals surface area contributed by atoms with Gasteiger partial charge >= 0.3 is 5.97 Å². The van der Waals surface area contributed by atoms with Gasteiger partial charge in [0.05, 0.1) is 31.8 Å². The van der Waals surface area contributed by atoms with Crippen molar-refractivity contribution in [3.63, 3.8) is 0 Å². The van der Waals surface area contributed by atoms with Crippen molar-refractivity contribution in [2.45, 2.75) is 19.8 Å². The monoisotopic (exact) mass is 475 g/mol. The van der Waals surface area contributed by atoms with E-state index in [1.165, 1.54) is 6.07 Å². The number of rotatable bonds is 7. The maximum Gasteiger partial charge on any atom is 0.338 e. The second kappa shape index (κ2) is 12.3. The van der Waals surface area contributed by atoms with Crippen molar-refractivity contribution < 1.29 is 23.4 Å². The van der Waals surface area contributed by atoms with E-state index in [2.05, 4.69) is 6.92 Å². The van der Waals surface area contributed by atoms with Gasteiger partial charge in [-0.1, -0.05) is 25.5 Å². The van der Waals surface area contributed by atoms with Gasteiger partial charge < -0.3 is 24.4 Å². The molecule has 0 aliphatic carbocycles. The van der Waals surface area contributed by atoms with Gasteiger partial charge in [-0.05, 0) is 55.0 Å². The van der Waals surface area contributed by atoms with E-state index in [4.69, 9.17) is 24.4 Å². The molecule has 0 saturated heterocycles. The Labute approximate surface area is 204 Å². The highest BCUT2D eigenvalue weighted by molar-refractivity contribution is 5.89. The number of nitrogen functional groups attached to an aromatic ring is 1. The lowest BCUT2D eigenvalue weighted by atomic mass is 10.1.